The monoisotopic (exact) mass is 514 g/mol. The average Bonchev–Trinajstić information content (AvgIpc) is 2.74. The first-order valence-electron chi connectivity index (χ1n) is 10.7. The van der Waals surface area contributed by atoms with E-state index in [1.54, 1.807) is 51.1 Å². The molecule has 4 N–H and O–H groups in total. The molecule has 12 heteroatoms. The molecule has 0 aromatic heterocycles. The van der Waals surface area contributed by atoms with Crippen LogP contribution in [0.3, 0.4) is 0 Å². The van der Waals surface area contributed by atoms with Crippen LogP contribution in [0.2, 0.25) is 0 Å². The number of alkyl halides is 3. The smallest absolute Gasteiger partial charge is 0.416 e. The molecule has 2 rings (SSSR count). The number of aliphatic hydroxyl groups excluding tert-OH is 1. The molecule has 8 nitrogen and oxygen atoms in total. The highest BCUT2D eigenvalue weighted by molar-refractivity contribution is 5.88. The van der Waals surface area contributed by atoms with Gasteiger partial charge in [-0.2, -0.15) is 13.2 Å². The van der Waals surface area contributed by atoms with E-state index in [1.165, 1.54) is 0 Å². The number of alkyl carbamates (subject to hydrolysis) is 1. The van der Waals surface area contributed by atoms with E-state index in [2.05, 4.69) is 5.32 Å². The molecule has 0 heterocycles. The van der Waals surface area contributed by atoms with Gasteiger partial charge in [-0.25, -0.2) is 14.0 Å². The predicted molar refractivity (Wildman–Crippen MR) is 119 cm³/mol. The molecule has 0 aliphatic rings. The first-order valence-corrected chi connectivity index (χ1v) is 10.7. The quantitative estimate of drug-likeness (QED) is 0.399. The zero-order valence-electron chi connectivity index (χ0n) is 19.6. The third-order valence-corrected chi connectivity index (χ3v) is 4.76. The van der Waals surface area contributed by atoms with Crippen molar-refractivity contribution >= 4 is 18.0 Å². The van der Waals surface area contributed by atoms with Gasteiger partial charge in [0.25, 0.3) is 5.91 Å². The molecule has 36 heavy (non-hydrogen) atoms. The summed E-state index contributed by atoms with van der Waals surface area (Å²) in [5.74, 6) is -4.49. The van der Waals surface area contributed by atoms with E-state index < -0.39 is 64.9 Å². The maximum atomic E-state index is 13.8. The van der Waals surface area contributed by atoms with E-state index in [4.69, 9.17) is 4.74 Å². The highest BCUT2D eigenvalue weighted by Gasteiger charge is 2.35. The Hall–Kier alpha value is -3.67. The number of rotatable bonds is 8. The molecule has 0 unspecified atom stereocenters. The molecular weight excluding hydrogens is 488 g/mol. The molecule has 0 bridgehead atoms. The summed E-state index contributed by atoms with van der Waals surface area (Å²) in [5, 5.41) is 24.4. The number of aliphatic hydroxyl groups is 1. The largest absolute Gasteiger partial charge is 0.479 e. The molecule has 0 aliphatic carbocycles. The van der Waals surface area contributed by atoms with Crippen molar-refractivity contribution in [3.05, 3.63) is 71.0 Å². The Bertz CT molecular complexity index is 1090. The number of carboxylic acid groups (broad SMARTS) is 1. The minimum Gasteiger partial charge on any atom is -0.479 e. The number of halogens is 4. The summed E-state index contributed by atoms with van der Waals surface area (Å²) in [6.07, 6.45) is -8.06. The summed E-state index contributed by atoms with van der Waals surface area (Å²) in [5.41, 5.74) is -2.46. The fourth-order valence-corrected chi connectivity index (χ4v) is 3.21. The summed E-state index contributed by atoms with van der Waals surface area (Å²) < 4.78 is 58.1. The molecule has 2 aromatic rings. The van der Waals surface area contributed by atoms with Gasteiger partial charge in [0.15, 0.2) is 12.1 Å². The van der Waals surface area contributed by atoms with Crippen LogP contribution in [0.5, 0.6) is 0 Å². The van der Waals surface area contributed by atoms with Gasteiger partial charge in [0.05, 0.1) is 11.6 Å². The van der Waals surface area contributed by atoms with Gasteiger partial charge in [-0.05, 0) is 56.5 Å². The molecule has 0 saturated heterocycles. The van der Waals surface area contributed by atoms with Gasteiger partial charge in [0.2, 0.25) is 0 Å². The van der Waals surface area contributed by atoms with Crippen LogP contribution in [0.1, 0.15) is 43.5 Å². The van der Waals surface area contributed by atoms with Crippen molar-refractivity contribution in [3.63, 3.8) is 0 Å². The van der Waals surface area contributed by atoms with Gasteiger partial charge in [0.1, 0.15) is 11.4 Å². The lowest BCUT2D eigenvalue weighted by Gasteiger charge is -2.27. The number of nitrogens with one attached hydrogen (secondary N) is 2. The van der Waals surface area contributed by atoms with Gasteiger partial charge in [-0.3, -0.25) is 4.79 Å². The lowest BCUT2D eigenvalue weighted by atomic mass is 9.99. The molecule has 2 amide bonds. The number of amides is 2. The highest BCUT2D eigenvalue weighted by Crippen LogP contribution is 2.32. The number of benzene rings is 2. The Labute approximate surface area is 204 Å². The number of hydrogen-bond acceptors (Lipinski definition) is 5. The predicted octanol–water partition coefficient (Wildman–Crippen LogP) is 3.58. The second-order valence-electron chi connectivity index (χ2n) is 8.94. The van der Waals surface area contributed by atoms with E-state index in [0.717, 1.165) is 0 Å². The van der Waals surface area contributed by atoms with E-state index in [0.29, 0.717) is 17.7 Å². The first kappa shape index (κ1) is 28.6. The van der Waals surface area contributed by atoms with Crippen molar-refractivity contribution in [2.24, 2.45) is 0 Å². The minimum absolute atomic E-state index is 0.0788. The molecular formula is C24H26F4N2O6. The van der Waals surface area contributed by atoms with Crippen LogP contribution in [-0.2, 0) is 26.9 Å². The third kappa shape index (κ3) is 8.52. The molecule has 0 aliphatic heterocycles. The fourth-order valence-electron chi connectivity index (χ4n) is 3.21. The van der Waals surface area contributed by atoms with Crippen molar-refractivity contribution in [3.8, 4) is 0 Å². The van der Waals surface area contributed by atoms with Crippen LogP contribution in [0.25, 0.3) is 0 Å². The molecule has 0 saturated carbocycles. The standard InChI is InChI=1S/C24H26F4N2O6/c1-23(2,3)36-22(35)29-17(9-13-7-5-4-6-8-13)19(31)20(32)30-18(21(33)34)14-10-15(24(26,27)28)12-16(25)11-14/h4-8,10-12,17-19,31H,9H2,1-3H3,(H,29,35)(H,30,32)(H,33,34)/t17-,18+,19+/m1/s1. The summed E-state index contributed by atoms with van der Waals surface area (Å²) >= 11 is 0. The van der Waals surface area contributed by atoms with Crippen molar-refractivity contribution in [2.75, 3.05) is 0 Å². The lowest BCUT2D eigenvalue weighted by molar-refractivity contribution is -0.144. The van der Waals surface area contributed by atoms with Crippen molar-refractivity contribution in [1.29, 1.82) is 0 Å². The van der Waals surface area contributed by atoms with Crippen LogP contribution < -0.4 is 10.6 Å². The van der Waals surface area contributed by atoms with Crippen LogP contribution in [0.4, 0.5) is 22.4 Å². The topological polar surface area (TPSA) is 125 Å². The summed E-state index contributed by atoms with van der Waals surface area (Å²) in [6, 6.07) is 6.03. The van der Waals surface area contributed by atoms with E-state index >= 15 is 0 Å². The van der Waals surface area contributed by atoms with Crippen LogP contribution in [-0.4, -0.2) is 45.9 Å². The van der Waals surface area contributed by atoms with Gasteiger partial charge in [-0.15, -0.1) is 0 Å². The minimum atomic E-state index is -4.97. The second kappa shape index (κ2) is 11.4. The molecule has 2 aromatic carbocycles. The number of ether oxygens (including phenoxy) is 1. The molecule has 196 valence electrons. The summed E-state index contributed by atoms with van der Waals surface area (Å²) in [4.78, 5) is 36.8. The zero-order chi connectivity index (χ0) is 27.3. The van der Waals surface area contributed by atoms with Crippen LogP contribution >= 0.6 is 0 Å². The number of aliphatic carboxylic acids is 1. The van der Waals surface area contributed by atoms with Gasteiger partial charge in [-0.1, -0.05) is 30.3 Å². The zero-order valence-corrected chi connectivity index (χ0v) is 19.6. The molecule has 0 fully saturated rings. The van der Waals surface area contributed by atoms with Gasteiger partial charge in [0, 0.05) is 0 Å². The SMILES string of the molecule is CC(C)(C)OC(=O)N[C@H](Cc1ccccc1)[C@H](O)C(=O)N[C@H](C(=O)O)c1cc(F)cc(C(F)(F)F)c1. The molecule has 3 atom stereocenters. The highest BCUT2D eigenvalue weighted by atomic mass is 19.4. The number of carbonyl (C=O) groups excluding carboxylic acids is 2. The van der Waals surface area contributed by atoms with E-state index in [9.17, 15) is 42.2 Å². The lowest BCUT2D eigenvalue weighted by Crippen LogP contribution is -2.53. The maximum Gasteiger partial charge on any atom is 0.416 e. The van der Waals surface area contributed by atoms with E-state index in [1.807, 2.05) is 5.32 Å². The van der Waals surface area contributed by atoms with E-state index in [-0.39, 0.29) is 12.5 Å². The van der Waals surface area contributed by atoms with Gasteiger partial charge < -0.3 is 25.6 Å². The molecule has 0 radical (unpaired) electrons. The number of carbonyl (C=O) groups is 3. The van der Waals surface area contributed by atoms with Crippen LogP contribution in [0, 0.1) is 5.82 Å². The summed E-state index contributed by atoms with van der Waals surface area (Å²) in [7, 11) is 0. The Morgan fingerprint density at radius 3 is 2.14 bits per heavy atom. The maximum absolute atomic E-state index is 13.8. The molecule has 0 spiro atoms. The normalized spacial score (nSPS) is 14.3. The van der Waals surface area contributed by atoms with Crippen molar-refractivity contribution in [2.45, 2.75) is 57.2 Å². The Morgan fingerprint density at radius 1 is 1.00 bits per heavy atom. The first-order chi connectivity index (χ1) is 16.6. The number of hydrogen-bond donors (Lipinski definition) is 4. The van der Waals surface area contributed by atoms with Gasteiger partial charge >= 0.3 is 18.2 Å². The fraction of sp³-hybridized carbons (Fsp3) is 0.375. The van der Waals surface area contributed by atoms with Crippen molar-refractivity contribution < 1.29 is 46.9 Å². The average molecular weight is 514 g/mol. The summed E-state index contributed by atoms with van der Waals surface area (Å²) in [6.45, 7) is 4.77. The Kier molecular flexibility index (Phi) is 9.03. The Morgan fingerprint density at radius 2 is 1.61 bits per heavy atom. The van der Waals surface area contributed by atoms with Crippen molar-refractivity contribution in [1.82, 2.24) is 10.6 Å². The third-order valence-electron chi connectivity index (χ3n) is 4.76. The second-order valence-corrected chi connectivity index (χ2v) is 8.94. The van der Waals surface area contributed by atoms with Crippen LogP contribution in [0.15, 0.2) is 48.5 Å². The number of carboxylic acids is 1. The Balaban J connectivity index is 2.31.